The van der Waals surface area contributed by atoms with Gasteiger partial charge in [-0.3, -0.25) is 4.79 Å². The molecule has 0 fully saturated rings. The molecule has 0 aliphatic rings. The first kappa shape index (κ1) is 19.3. The Morgan fingerprint density at radius 2 is 1.42 bits per heavy atom. The largest absolute Gasteiger partial charge is 0.464 e. The number of nitrogens with two attached hydrogens (primary N) is 1. The molecule has 0 bridgehead atoms. The van der Waals surface area contributed by atoms with Crippen LogP contribution in [0.3, 0.4) is 0 Å². The molecule has 0 heterocycles. The van der Waals surface area contributed by atoms with E-state index < -0.39 is 29.7 Å². The SMILES string of the molecule is CCOC(=O)[C@@](N)(CC(=O)c1ccccc1)C(=O)OCc1ccccc1. The third kappa shape index (κ3) is 4.77. The van der Waals surface area contributed by atoms with Gasteiger partial charge in [-0.1, -0.05) is 60.7 Å². The Hall–Kier alpha value is -2.99. The van der Waals surface area contributed by atoms with Crippen LogP contribution in [0, 0.1) is 0 Å². The maximum Gasteiger partial charge on any atom is 0.338 e. The minimum atomic E-state index is -2.20. The van der Waals surface area contributed by atoms with Crippen LogP contribution in [0.2, 0.25) is 0 Å². The van der Waals surface area contributed by atoms with Crippen molar-refractivity contribution in [3.05, 3.63) is 71.8 Å². The van der Waals surface area contributed by atoms with E-state index in [2.05, 4.69) is 0 Å². The Morgan fingerprint density at radius 1 is 0.885 bits per heavy atom. The van der Waals surface area contributed by atoms with E-state index in [0.717, 1.165) is 5.56 Å². The highest BCUT2D eigenvalue weighted by Crippen LogP contribution is 2.18. The van der Waals surface area contributed by atoms with E-state index >= 15 is 0 Å². The molecule has 0 saturated carbocycles. The number of carbonyl (C=O) groups excluding carboxylic acids is 3. The van der Waals surface area contributed by atoms with Crippen LogP contribution >= 0.6 is 0 Å². The molecule has 0 radical (unpaired) electrons. The van der Waals surface area contributed by atoms with Crippen molar-refractivity contribution in [2.45, 2.75) is 25.5 Å². The standard InChI is InChI=1S/C20H21NO5/c1-2-25-18(23)20(21,13-17(22)16-11-7-4-8-12-16)19(24)26-14-15-9-5-3-6-10-15/h3-12H,2,13-14,21H2,1H3/t20-/m0/s1. The molecule has 0 aliphatic carbocycles. The molecule has 6 heteroatoms. The van der Waals surface area contributed by atoms with Gasteiger partial charge in [0.1, 0.15) is 6.61 Å². The Morgan fingerprint density at radius 3 is 2.00 bits per heavy atom. The lowest BCUT2D eigenvalue weighted by Crippen LogP contribution is -2.57. The molecule has 6 nitrogen and oxygen atoms in total. The second-order valence-corrected chi connectivity index (χ2v) is 5.72. The first-order chi connectivity index (χ1) is 12.5. The second kappa shape index (κ2) is 8.92. The van der Waals surface area contributed by atoms with E-state index in [1.54, 1.807) is 61.5 Å². The zero-order valence-corrected chi connectivity index (χ0v) is 14.5. The van der Waals surface area contributed by atoms with E-state index in [-0.39, 0.29) is 13.2 Å². The van der Waals surface area contributed by atoms with Crippen molar-refractivity contribution in [3.63, 3.8) is 0 Å². The molecule has 0 saturated heterocycles. The fourth-order valence-corrected chi connectivity index (χ4v) is 2.32. The van der Waals surface area contributed by atoms with Crippen LogP contribution in [-0.4, -0.2) is 29.9 Å². The first-order valence-electron chi connectivity index (χ1n) is 8.23. The molecule has 0 aliphatic heterocycles. The van der Waals surface area contributed by atoms with Crippen LogP contribution in [0.5, 0.6) is 0 Å². The monoisotopic (exact) mass is 355 g/mol. The van der Waals surface area contributed by atoms with Gasteiger partial charge in [-0.15, -0.1) is 0 Å². The fraction of sp³-hybridized carbons (Fsp3) is 0.250. The number of hydrogen-bond acceptors (Lipinski definition) is 6. The number of ether oxygens (including phenoxy) is 2. The summed E-state index contributed by atoms with van der Waals surface area (Å²) < 4.78 is 10.1. The third-order valence-corrected chi connectivity index (χ3v) is 3.75. The summed E-state index contributed by atoms with van der Waals surface area (Å²) in [5, 5.41) is 0. The zero-order valence-electron chi connectivity index (χ0n) is 14.5. The van der Waals surface area contributed by atoms with Gasteiger partial charge in [0.2, 0.25) is 5.54 Å². The molecule has 2 rings (SSSR count). The second-order valence-electron chi connectivity index (χ2n) is 5.72. The lowest BCUT2D eigenvalue weighted by Gasteiger charge is -2.24. The average Bonchev–Trinajstić information content (AvgIpc) is 2.67. The molecule has 136 valence electrons. The van der Waals surface area contributed by atoms with Crippen LogP contribution in [0.15, 0.2) is 60.7 Å². The Balaban J connectivity index is 2.16. The van der Waals surface area contributed by atoms with E-state index in [1.807, 2.05) is 6.07 Å². The van der Waals surface area contributed by atoms with Crippen LogP contribution in [0.4, 0.5) is 0 Å². The van der Waals surface area contributed by atoms with Gasteiger partial charge in [0.05, 0.1) is 13.0 Å². The van der Waals surface area contributed by atoms with Crippen LogP contribution in [-0.2, 0) is 25.7 Å². The molecule has 2 aromatic carbocycles. The number of hydrogen-bond donors (Lipinski definition) is 1. The summed E-state index contributed by atoms with van der Waals surface area (Å²) in [5.74, 6) is -2.43. The van der Waals surface area contributed by atoms with Crippen molar-refractivity contribution in [3.8, 4) is 0 Å². The van der Waals surface area contributed by atoms with Crippen molar-refractivity contribution in [1.29, 1.82) is 0 Å². The minimum absolute atomic E-state index is 0.0310. The number of rotatable bonds is 8. The van der Waals surface area contributed by atoms with E-state index in [9.17, 15) is 14.4 Å². The smallest absolute Gasteiger partial charge is 0.338 e. The fourth-order valence-electron chi connectivity index (χ4n) is 2.32. The molecule has 2 N–H and O–H groups in total. The minimum Gasteiger partial charge on any atom is -0.464 e. The van der Waals surface area contributed by atoms with Gasteiger partial charge in [0, 0.05) is 5.56 Å². The van der Waals surface area contributed by atoms with Gasteiger partial charge >= 0.3 is 11.9 Å². The van der Waals surface area contributed by atoms with Gasteiger partial charge in [-0.05, 0) is 12.5 Å². The Bertz CT molecular complexity index is 760. The topological polar surface area (TPSA) is 95.7 Å². The van der Waals surface area contributed by atoms with E-state index in [4.69, 9.17) is 15.2 Å². The third-order valence-electron chi connectivity index (χ3n) is 3.75. The van der Waals surface area contributed by atoms with Crippen molar-refractivity contribution in [2.24, 2.45) is 5.73 Å². The number of carbonyl (C=O) groups is 3. The van der Waals surface area contributed by atoms with Crippen molar-refractivity contribution >= 4 is 17.7 Å². The summed E-state index contributed by atoms with van der Waals surface area (Å²) in [4.78, 5) is 37.3. The summed E-state index contributed by atoms with van der Waals surface area (Å²) in [6.45, 7) is 1.56. The van der Waals surface area contributed by atoms with Gasteiger partial charge in [-0.2, -0.15) is 0 Å². The lowest BCUT2D eigenvalue weighted by molar-refractivity contribution is -0.165. The quantitative estimate of drug-likeness (QED) is 0.443. The lowest BCUT2D eigenvalue weighted by atomic mass is 9.91. The summed E-state index contributed by atoms with van der Waals surface area (Å²) in [6.07, 6.45) is -0.538. The molecule has 0 amide bonds. The van der Waals surface area contributed by atoms with Crippen molar-refractivity contribution in [1.82, 2.24) is 0 Å². The number of esters is 2. The highest BCUT2D eigenvalue weighted by molar-refractivity contribution is 6.11. The van der Waals surface area contributed by atoms with Gasteiger partial charge in [0.25, 0.3) is 0 Å². The number of ketones is 1. The maximum atomic E-state index is 12.5. The van der Waals surface area contributed by atoms with Crippen LogP contribution in [0.1, 0.15) is 29.3 Å². The molecular formula is C20H21NO5. The van der Waals surface area contributed by atoms with Gasteiger partial charge < -0.3 is 15.2 Å². The molecule has 2 aromatic rings. The first-order valence-corrected chi connectivity index (χ1v) is 8.23. The van der Waals surface area contributed by atoms with Gasteiger partial charge in [0.15, 0.2) is 5.78 Å². The Labute approximate surface area is 151 Å². The summed E-state index contributed by atoms with van der Waals surface area (Å²) in [6, 6.07) is 17.3. The molecule has 26 heavy (non-hydrogen) atoms. The Kier molecular flexibility index (Phi) is 6.63. The van der Waals surface area contributed by atoms with Crippen molar-refractivity contribution in [2.75, 3.05) is 6.61 Å². The molecule has 1 atom stereocenters. The molecule has 0 unspecified atom stereocenters. The average molecular weight is 355 g/mol. The maximum absolute atomic E-state index is 12.5. The highest BCUT2D eigenvalue weighted by Gasteiger charge is 2.47. The van der Waals surface area contributed by atoms with Crippen LogP contribution < -0.4 is 5.73 Å². The number of Topliss-reactive ketones (excluding diaryl/α,β-unsaturated/α-hetero) is 1. The zero-order chi connectivity index (χ0) is 19.0. The molecular weight excluding hydrogens is 334 g/mol. The van der Waals surface area contributed by atoms with Gasteiger partial charge in [-0.25, -0.2) is 9.59 Å². The van der Waals surface area contributed by atoms with E-state index in [0.29, 0.717) is 5.56 Å². The predicted octanol–water partition coefficient (Wildman–Crippen LogP) is 2.26. The molecule has 0 aromatic heterocycles. The summed E-state index contributed by atoms with van der Waals surface area (Å²) in [5.41, 5.74) is 4.89. The van der Waals surface area contributed by atoms with Crippen molar-refractivity contribution < 1.29 is 23.9 Å². The number of benzene rings is 2. The highest BCUT2D eigenvalue weighted by atomic mass is 16.6. The molecule has 0 spiro atoms. The normalized spacial score (nSPS) is 12.7. The predicted molar refractivity (Wildman–Crippen MR) is 95.2 cm³/mol. The van der Waals surface area contributed by atoms with E-state index in [1.165, 1.54) is 0 Å². The van der Waals surface area contributed by atoms with Crippen LogP contribution in [0.25, 0.3) is 0 Å². The summed E-state index contributed by atoms with van der Waals surface area (Å²) in [7, 11) is 0. The summed E-state index contributed by atoms with van der Waals surface area (Å²) >= 11 is 0.